The molecule has 1 fully saturated rings. The van der Waals surface area contributed by atoms with E-state index >= 15 is 0 Å². The number of aliphatic hydroxyl groups is 1. The summed E-state index contributed by atoms with van der Waals surface area (Å²) >= 11 is 7.65. The van der Waals surface area contributed by atoms with Crippen LogP contribution in [0.25, 0.3) is 5.57 Å². The summed E-state index contributed by atoms with van der Waals surface area (Å²) in [4.78, 5) is 5.73. The standard InChI is InChI=1S/C47H59ClF3N5O5S3/c1-5-24-54(4)25-22-38(33-62-40-9-7-6-8-10-40)52-43-20-19-41(30-44(43)63(58,59)47(49,50)51)64(60,61)53-45(57)35-13-17-39(18-14-35)56-28-26-55(27-29-56)32-36-31-46(2,3)23-21-42(36)34-11-15-37(48)16-12-34/h6-20,30,38,45,52-53,57H,5,21-29,31-33H2,1-4H3/t38-,45?/m1/s1. The van der Waals surface area contributed by atoms with Crippen LogP contribution in [-0.4, -0.2) is 102 Å². The number of hydrogen-bond donors (Lipinski definition) is 3. The number of aliphatic hydroxyl groups excluding tert-OH is 1. The van der Waals surface area contributed by atoms with Gasteiger partial charge >= 0.3 is 5.51 Å². The highest BCUT2D eigenvalue weighted by Gasteiger charge is 2.48. The van der Waals surface area contributed by atoms with Gasteiger partial charge in [0.15, 0.2) is 0 Å². The van der Waals surface area contributed by atoms with Crippen molar-refractivity contribution in [2.45, 2.75) is 85.3 Å². The Hall–Kier alpha value is -3.61. The van der Waals surface area contributed by atoms with Crippen LogP contribution < -0.4 is 14.9 Å². The maximum atomic E-state index is 14.2. The van der Waals surface area contributed by atoms with Crippen molar-refractivity contribution >= 4 is 60.2 Å². The molecular formula is C47H59ClF3N5O5S3. The fourth-order valence-electron chi connectivity index (χ4n) is 8.28. The Morgan fingerprint density at radius 1 is 0.906 bits per heavy atom. The SMILES string of the molecule is CCCN(C)CC[C@H](CSc1ccccc1)Nc1ccc(S(=O)(=O)NC(O)c2ccc(N3CCN(CC4=C(c5ccc(Cl)cc5)CCC(C)(C)C4)CC3)cc2)cc1S(=O)(=O)C(F)(F)F. The number of rotatable bonds is 19. The molecule has 2 aliphatic rings. The highest BCUT2D eigenvalue weighted by Crippen LogP contribution is 2.43. The largest absolute Gasteiger partial charge is 0.501 e. The normalized spacial score (nSPS) is 17.4. The molecule has 1 unspecified atom stereocenters. The Kier molecular flexibility index (Phi) is 16.6. The highest BCUT2D eigenvalue weighted by molar-refractivity contribution is 7.99. The molecule has 1 aliphatic heterocycles. The Balaban J connectivity index is 1.13. The van der Waals surface area contributed by atoms with Gasteiger partial charge in [0.25, 0.3) is 9.84 Å². The minimum Gasteiger partial charge on any atom is -0.380 e. The molecule has 3 N–H and O–H groups in total. The molecule has 0 aromatic heterocycles. The van der Waals surface area contributed by atoms with Crippen LogP contribution in [0.3, 0.4) is 0 Å². The van der Waals surface area contributed by atoms with E-state index in [-0.39, 0.29) is 16.7 Å². The van der Waals surface area contributed by atoms with Gasteiger partial charge in [-0.3, -0.25) is 4.90 Å². The van der Waals surface area contributed by atoms with Crippen molar-refractivity contribution in [2.75, 3.05) is 68.8 Å². The molecule has 0 saturated carbocycles. The van der Waals surface area contributed by atoms with Gasteiger partial charge in [-0.15, -0.1) is 11.8 Å². The van der Waals surface area contributed by atoms with Crippen LogP contribution in [0.2, 0.25) is 5.02 Å². The monoisotopic (exact) mass is 961 g/mol. The average Bonchev–Trinajstić information content (AvgIpc) is 3.25. The minimum absolute atomic E-state index is 0.195. The van der Waals surface area contributed by atoms with Gasteiger partial charge in [0.1, 0.15) is 11.1 Å². The fourth-order valence-corrected chi connectivity index (χ4v) is 11.5. The second-order valence-electron chi connectivity index (χ2n) is 17.5. The minimum atomic E-state index is -6.02. The molecule has 17 heteroatoms. The van der Waals surface area contributed by atoms with E-state index in [1.54, 1.807) is 24.3 Å². The number of allylic oxidation sites excluding steroid dienone is 1. The van der Waals surface area contributed by atoms with E-state index in [0.717, 1.165) is 92.7 Å². The van der Waals surface area contributed by atoms with Crippen molar-refractivity contribution in [2.24, 2.45) is 5.41 Å². The molecule has 4 aromatic carbocycles. The van der Waals surface area contributed by atoms with E-state index in [1.165, 1.54) is 28.5 Å². The summed E-state index contributed by atoms with van der Waals surface area (Å²) in [6.07, 6.45) is 2.76. The van der Waals surface area contributed by atoms with Crippen molar-refractivity contribution in [1.82, 2.24) is 14.5 Å². The van der Waals surface area contributed by atoms with Gasteiger partial charge in [0.2, 0.25) is 10.0 Å². The third-order valence-corrected chi connectivity index (χ3v) is 16.2. The lowest BCUT2D eigenvalue weighted by Crippen LogP contribution is -2.47. The van der Waals surface area contributed by atoms with E-state index in [9.17, 15) is 35.1 Å². The number of thioether (sulfide) groups is 1. The maximum absolute atomic E-state index is 14.2. The number of halogens is 4. The van der Waals surface area contributed by atoms with Gasteiger partial charge in [0, 0.05) is 60.1 Å². The quantitative estimate of drug-likeness (QED) is 0.0619. The van der Waals surface area contributed by atoms with E-state index in [0.29, 0.717) is 24.8 Å². The first-order valence-electron chi connectivity index (χ1n) is 21.6. The Labute approximate surface area is 386 Å². The van der Waals surface area contributed by atoms with Crippen LogP contribution >= 0.6 is 23.4 Å². The summed E-state index contributed by atoms with van der Waals surface area (Å²) in [5.41, 5.74) is -0.685. The summed E-state index contributed by atoms with van der Waals surface area (Å²) < 4.78 is 97.8. The Morgan fingerprint density at radius 3 is 2.22 bits per heavy atom. The number of piperazine rings is 1. The van der Waals surface area contributed by atoms with Crippen LogP contribution in [0.1, 0.15) is 70.2 Å². The topological polar surface area (TPSA) is 122 Å². The van der Waals surface area contributed by atoms with E-state index < -0.39 is 47.4 Å². The second-order valence-corrected chi connectivity index (χ2v) is 22.6. The molecule has 2 atom stereocenters. The third-order valence-electron chi connectivity index (χ3n) is 11.9. The van der Waals surface area contributed by atoms with Gasteiger partial charge in [-0.25, -0.2) is 16.8 Å². The highest BCUT2D eigenvalue weighted by atomic mass is 35.5. The lowest BCUT2D eigenvalue weighted by atomic mass is 9.73. The summed E-state index contributed by atoms with van der Waals surface area (Å²) in [5, 5.41) is 14.8. The zero-order valence-corrected chi connectivity index (χ0v) is 39.9. The first-order chi connectivity index (χ1) is 30.2. The Bertz CT molecular complexity index is 2430. The zero-order valence-electron chi connectivity index (χ0n) is 36.7. The summed E-state index contributed by atoms with van der Waals surface area (Å²) in [6.45, 7) is 12.1. The van der Waals surface area contributed by atoms with Crippen LogP contribution in [-0.2, 0) is 19.9 Å². The first kappa shape index (κ1) is 49.8. The number of sulfonamides is 1. The van der Waals surface area contributed by atoms with Crippen molar-refractivity contribution in [3.8, 4) is 0 Å². The maximum Gasteiger partial charge on any atom is 0.501 e. The van der Waals surface area contributed by atoms with Crippen LogP contribution in [0.5, 0.6) is 0 Å². The number of sulfone groups is 1. The fraction of sp³-hybridized carbons (Fsp3) is 0.447. The first-order valence-corrected chi connectivity index (χ1v) is 25.9. The molecule has 10 nitrogen and oxygen atoms in total. The smallest absolute Gasteiger partial charge is 0.380 e. The molecule has 1 aliphatic carbocycles. The van der Waals surface area contributed by atoms with E-state index in [2.05, 4.69) is 50.7 Å². The Morgan fingerprint density at radius 2 is 1.58 bits per heavy atom. The number of hydrogen-bond acceptors (Lipinski definition) is 10. The lowest BCUT2D eigenvalue weighted by Gasteiger charge is -2.39. The van der Waals surface area contributed by atoms with Gasteiger partial charge in [0.05, 0.1) is 10.6 Å². The van der Waals surface area contributed by atoms with E-state index in [4.69, 9.17) is 11.6 Å². The van der Waals surface area contributed by atoms with E-state index in [1.807, 2.05) is 56.4 Å². The molecule has 4 aromatic rings. The lowest BCUT2D eigenvalue weighted by molar-refractivity contribution is -0.0435. The molecule has 1 saturated heterocycles. The average molecular weight is 963 g/mol. The van der Waals surface area contributed by atoms with Gasteiger partial charge in [-0.05, 0) is 129 Å². The molecule has 1 heterocycles. The van der Waals surface area contributed by atoms with Crippen LogP contribution in [0.4, 0.5) is 24.5 Å². The van der Waals surface area contributed by atoms with Gasteiger partial charge in [-0.1, -0.05) is 80.4 Å². The van der Waals surface area contributed by atoms with Crippen molar-refractivity contribution in [3.05, 3.63) is 119 Å². The second kappa shape index (κ2) is 21.3. The molecule has 6 rings (SSSR count). The van der Waals surface area contributed by atoms with Crippen molar-refractivity contribution in [1.29, 1.82) is 0 Å². The van der Waals surface area contributed by atoms with Crippen LogP contribution in [0, 0.1) is 5.41 Å². The number of benzene rings is 4. The number of nitrogens with zero attached hydrogens (tertiary/aromatic N) is 3. The molecule has 0 bridgehead atoms. The predicted molar refractivity (Wildman–Crippen MR) is 253 cm³/mol. The summed E-state index contributed by atoms with van der Waals surface area (Å²) in [5.74, 6) is 0.391. The number of alkyl halides is 3. The van der Waals surface area contributed by atoms with Crippen molar-refractivity contribution < 1.29 is 35.1 Å². The number of nitrogens with one attached hydrogen (secondary N) is 2. The molecule has 348 valence electrons. The van der Waals surface area contributed by atoms with Crippen LogP contribution in [0.15, 0.2) is 117 Å². The van der Waals surface area contributed by atoms with Crippen molar-refractivity contribution in [3.63, 3.8) is 0 Å². The van der Waals surface area contributed by atoms with Gasteiger partial charge < -0.3 is 20.2 Å². The molecule has 64 heavy (non-hydrogen) atoms. The molecule has 0 amide bonds. The predicted octanol–water partition coefficient (Wildman–Crippen LogP) is 9.69. The molecule has 0 spiro atoms. The third kappa shape index (κ3) is 13.1. The summed E-state index contributed by atoms with van der Waals surface area (Å²) in [6, 6.07) is 26.3. The summed E-state index contributed by atoms with van der Waals surface area (Å²) in [7, 11) is -8.82. The zero-order chi connectivity index (χ0) is 46.3. The van der Waals surface area contributed by atoms with Gasteiger partial charge in [-0.2, -0.15) is 17.9 Å². The number of anilines is 2. The molecule has 0 radical (unpaired) electrons. The molecular weight excluding hydrogens is 903 g/mol.